The van der Waals surface area contributed by atoms with Gasteiger partial charge in [0.1, 0.15) is 5.82 Å². The zero-order chi connectivity index (χ0) is 13.0. The molecule has 2 rings (SSSR count). The van der Waals surface area contributed by atoms with Crippen LogP contribution < -0.4 is 5.32 Å². The first-order valence-electron chi connectivity index (χ1n) is 5.64. The third-order valence-electron chi connectivity index (χ3n) is 2.64. The highest BCUT2D eigenvalue weighted by Crippen LogP contribution is 2.05. The van der Waals surface area contributed by atoms with E-state index in [4.69, 9.17) is 0 Å². The van der Waals surface area contributed by atoms with Gasteiger partial charge < -0.3 is 10.2 Å². The zero-order valence-corrected chi connectivity index (χ0v) is 9.73. The number of piperazine rings is 1. The van der Waals surface area contributed by atoms with Gasteiger partial charge in [-0.15, -0.1) is 0 Å². The molecule has 2 amide bonds. The molecule has 0 aromatic heterocycles. The number of halogens is 1. The van der Waals surface area contributed by atoms with Crippen molar-refractivity contribution < 1.29 is 14.0 Å². The molecule has 5 heteroatoms. The molecular formula is C13H13FN2O2. The molecular weight excluding hydrogens is 235 g/mol. The van der Waals surface area contributed by atoms with Crippen molar-refractivity contribution in [3.8, 4) is 0 Å². The highest BCUT2D eigenvalue weighted by Gasteiger charge is 2.18. The van der Waals surface area contributed by atoms with Crippen LogP contribution in [0.15, 0.2) is 30.3 Å². The van der Waals surface area contributed by atoms with E-state index in [0.717, 1.165) is 5.56 Å². The maximum atomic E-state index is 12.7. The monoisotopic (exact) mass is 248 g/mol. The lowest BCUT2D eigenvalue weighted by Gasteiger charge is -2.25. The zero-order valence-electron chi connectivity index (χ0n) is 9.73. The number of hydrogen-bond acceptors (Lipinski definition) is 2. The summed E-state index contributed by atoms with van der Waals surface area (Å²) in [4.78, 5) is 24.4. The van der Waals surface area contributed by atoms with Crippen LogP contribution in [0.25, 0.3) is 6.08 Å². The largest absolute Gasteiger partial charge is 0.353 e. The van der Waals surface area contributed by atoms with Crippen LogP contribution in [0.1, 0.15) is 5.56 Å². The van der Waals surface area contributed by atoms with E-state index in [9.17, 15) is 14.0 Å². The lowest BCUT2D eigenvalue weighted by molar-refractivity contribution is -0.134. The van der Waals surface area contributed by atoms with Gasteiger partial charge in [0, 0.05) is 19.2 Å². The van der Waals surface area contributed by atoms with Crippen molar-refractivity contribution >= 4 is 17.9 Å². The van der Waals surface area contributed by atoms with Crippen LogP contribution in [0.3, 0.4) is 0 Å². The summed E-state index contributed by atoms with van der Waals surface area (Å²) in [5, 5.41) is 2.65. The number of carbonyl (C=O) groups is 2. The summed E-state index contributed by atoms with van der Waals surface area (Å²) in [6.45, 7) is 1.08. The molecule has 1 aliphatic heterocycles. The molecule has 1 aliphatic rings. The van der Waals surface area contributed by atoms with E-state index in [1.807, 2.05) is 0 Å². The minimum atomic E-state index is -0.314. The number of nitrogens with one attached hydrogen (secondary N) is 1. The van der Waals surface area contributed by atoms with Gasteiger partial charge >= 0.3 is 0 Å². The van der Waals surface area contributed by atoms with Crippen LogP contribution in [0.4, 0.5) is 4.39 Å². The Morgan fingerprint density at radius 3 is 2.72 bits per heavy atom. The average Bonchev–Trinajstić information content (AvgIpc) is 2.38. The van der Waals surface area contributed by atoms with Crippen LogP contribution in [0, 0.1) is 5.82 Å². The fraction of sp³-hybridized carbons (Fsp3) is 0.231. The van der Waals surface area contributed by atoms with E-state index in [2.05, 4.69) is 5.32 Å². The molecule has 0 aliphatic carbocycles. The van der Waals surface area contributed by atoms with Crippen molar-refractivity contribution in [3.05, 3.63) is 41.7 Å². The lowest BCUT2D eigenvalue weighted by Crippen LogP contribution is -2.49. The van der Waals surface area contributed by atoms with E-state index in [1.165, 1.54) is 23.1 Å². The van der Waals surface area contributed by atoms with Crippen LogP contribution in [0.2, 0.25) is 0 Å². The predicted molar refractivity (Wildman–Crippen MR) is 65.0 cm³/mol. The number of carbonyl (C=O) groups excluding carboxylic acids is 2. The smallest absolute Gasteiger partial charge is 0.247 e. The maximum Gasteiger partial charge on any atom is 0.247 e. The second-order valence-electron chi connectivity index (χ2n) is 3.99. The highest BCUT2D eigenvalue weighted by atomic mass is 19.1. The van der Waals surface area contributed by atoms with Crippen LogP contribution in [-0.2, 0) is 9.59 Å². The summed E-state index contributed by atoms with van der Waals surface area (Å²) in [7, 11) is 0. The number of rotatable bonds is 2. The second kappa shape index (κ2) is 5.44. The summed E-state index contributed by atoms with van der Waals surface area (Å²) in [5.41, 5.74) is 0.742. The summed E-state index contributed by atoms with van der Waals surface area (Å²) in [6, 6.07) is 5.83. The highest BCUT2D eigenvalue weighted by molar-refractivity contribution is 5.94. The van der Waals surface area contributed by atoms with Gasteiger partial charge in [0.2, 0.25) is 11.8 Å². The fourth-order valence-corrected chi connectivity index (χ4v) is 1.67. The summed E-state index contributed by atoms with van der Waals surface area (Å²) >= 11 is 0. The number of benzene rings is 1. The molecule has 0 radical (unpaired) electrons. The van der Waals surface area contributed by atoms with Gasteiger partial charge in [-0.05, 0) is 23.8 Å². The minimum Gasteiger partial charge on any atom is -0.353 e. The molecule has 1 aromatic carbocycles. The van der Waals surface area contributed by atoms with E-state index in [1.54, 1.807) is 18.2 Å². The molecule has 1 heterocycles. The topological polar surface area (TPSA) is 49.4 Å². The quantitative estimate of drug-likeness (QED) is 0.787. The minimum absolute atomic E-state index is 0.0899. The van der Waals surface area contributed by atoms with Crippen LogP contribution in [-0.4, -0.2) is 36.3 Å². The summed E-state index contributed by atoms with van der Waals surface area (Å²) < 4.78 is 12.7. The Morgan fingerprint density at radius 2 is 2.06 bits per heavy atom. The summed E-state index contributed by atoms with van der Waals surface area (Å²) in [5.74, 6) is -0.676. The molecule has 0 unspecified atom stereocenters. The molecule has 0 bridgehead atoms. The molecule has 94 valence electrons. The van der Waals surface area contributed by atoms with Crippen LogP contribution in [0.5, 0.6) is 0 Å². The van der Waals surface area contributed by atoms with Gasteiger partial charge in [-0.25, -0.2) is 4.39 Å². The Morgan fingerprint density at radius 1 is 1.33 bits per heavy atom. The van der Waals surface area contributed by atoms with Crippen molar-refractivity contribution in [1.82, 2.24) is 10.2 Å². The van der Waals surface area contributed by atoms with Gasteiger partial charge in [-0.2, -0.15) is 0 Å². The molecule has 18 heavy (non-hydrogen) atoms. The molecule has 1 fully saturated rings. The second-order valence-corrected chi connectivity index (χ2v) is 3.99. The SMILES string of the molecule is O=C1CN(C(=O)/C=C/c2ccc(F)cc2)CCN1. The van der Waals surface area contributed by atoms with E-state index < -0.39 is 0 Å². The van der Waals surface area contributed by atoms with Crippen molar-refractivity contribution in [3.63, 3.8) is 0 Å². The Balaban J connectivity index is 1.98. The molecule has 0 saturated carbocycles. The molecule has 1 aromatic rings. The number of hydrogen-bond donors (Lipinski definition) is 1. The van der Waals surface area contributed by atoms with Gasteiger partial charge in [0.15, 0.2) is 0 Å². The van der Waals surface area contributed by atoms with E-state index in [-0.39, 0.29) is 24.2 Å². The fourth-order valence-electron chi connectivity index (χ4n) is 1.67. The van der Waals surface area contributed by atoms with Gasteiger partial charge in [-0.1, -0.05) is 12.1 Å². The van der Waals surface area contributed by atoms with Crippen molar-refractivity contribution in [2.24, 2.45) is 0 Å². The Hall–Kier alpha value is -2.17. The molecule has 1 N–H and O–H groups in total. The average molecular weight is 248 g/mol. The van der Waals surface area contributed by atoms with Gasteiger partial charge in [0.25, 0.3) is 0 Å². The standard InChI is InChI=1S/C13H13FN2O2/c14-11-4-1-10(2-5-11)3-6-13(18)16-8-7-15-12(17)9-16/h1-6H,7-9H2,(H,15,17)/b6-3+. The van der Waals surface area contributed by atoms with Crippen LogP contribution >= 0.6 is 0 Å². The van der Waals surface area contributed by atoms with Gasteiger partial charge in [-0.3, -0.25) is 9.59 Å². The van der Waals surface area contributed by atoms with Gasteiger partial charge in [0.05, 0.1) is 6.54 Å². The first kappa shape index (κ1) is 12.3. The predicted octanol–water partition coefficient (Wildman–Crippen LogP) is 0.797. The number of nitrogens with zero attached hydrogens (tertiary/aromatic N) is 1. The third-order valence-corrected chi connectivity index (χ3v) is 2.64. The van der Waals surface area contributed by atoms with Crippen molar-refractivity contribution in [2.75, 3.05) is 19.6 Å². The summed E-state index contributed by atoms with van der Waals surface area (Å²) in [6.07, 6.45) is 3.00. The molecule has 0 atom stereocenters. The van der Waals surface area contributed by atoms with E-state index in [0.29, 0.717) is 13.1 Å². The maximum absolute atomic E-state index is 12.7. The first-order valence-corrected chi connectivity index (χ1v) is 5.64. The normalized spacial score (nSPS) is 15.8. The number of amides is 2. The van der Waals surface area contributed by atoms with E-state index >= 15 is 0 Å². The lowest BCUT2D eigenvalue weighted by atomic mass is 10.2. The first-order chi connectivity index (χ1) is 8.65. The van der Waals surface area contributed by atoms with Crippen molar-refractivity contribution in [2.45, 2.75) is 0 Å². The van der Waals surface area contributed by atoms with Crippen molar-refractivity contribution in [1.29, 1.82) is 0 Å². The Labute approximate surface area is 104 Å². The molecule has 4 nitrogen and oxygen atoms in total. The molecule has 1 saturated heterocycles. The molecule has 0 spiro atoms. The Kier molecular flexibility index (Phi) is 3.72. The third kappa shape index (κ3) is 3.16. The Bertz CT molecular complexity index is 482.